The van der Waals surface area contributed by atoms with Gasteiger partial charge in [-0.25, -0.2) is 0 Å². The molecular formula is C19H24N2O3. The van der Waals surface area contributed by atoms with Crippen LogP contribution in [0.15, 0.2) is 23.8 Å². The Labute approximate surface area is 143 Å². The number of hydrogen-bond donors (Lipinski definition) is 1. The van der Waals surface area contributed by atoms with Crippen molar-refractivity contribution >= 4 is 12.0 Å². The first-order chi connectivity index (χ1) is 11.6. The Bertz CT molecular complexity index is 639. The Balaban J connectivity index is 2.19. The summed E-state index contributed by atoms with van der Waals surface area (Å²) in [5, 5.41) is 12.4. The Kier molecular flexibility index (Phi) is 6.25. The maximum absolute atomic E-state index is 12.4. The van der Waals surface area contributed by atoms with Crippen molar-refractivity contribution in [1.29, 1.82) is 5.26 Å². The molecule has 1 aromatic carbocycles. The van der Waals surface area contributed by atoms with Crippen LogP contribution in [0.5, 0.6) is 11.5 Å². The van der Waals surface area contributed by atoms with Crippen LogP contribution in [0.4, 0.5) is 0 Å². The summed E-state index contributed by atoms with van der Waals surface area (Å²) < 4.78 is 10.4. The Hall–Kier alpha value is -2.48. The topological polar surface area (TPSA) is 71.3 Å². The molecule has 24 heavy (non-hydrogen) atoms. The minimum absolute atomic E-state index is 0.0862. The van der Waals surface area contributed by atoms with Crippen molar-refractivity contribution in [3.8, 4) is 17.6 Å². The minimum Gasteiger partial charge on any atom is -0.497 e. The van der Waals surface area contributed by atoms with Crippen LogP contribution < -0.4 is 14.8 Å². The van der Waals surface area contributed by atoms with E-state index < -0.39 is 0 Å². The summed E-state index contributed by atoms with van der Waals surface area (Å²) in [5.74, 6) is 1.34. The molecule has 0 aromatic heterocycles. The van der Waals surface area contributed by atoms with Gasteiger partial charge < -0.3 is 14.8 Å². The van der Waals surface area contributed by atoms with E-state index in [9.17, 15) is 10.1 Å². The van der Waals surface area contributed by atoms with Gasteiger partial charge in [-0.05, 0) is 42.5 Å². The largest absolute Gasteiger partial charge is 0.497 e. The second kappa shape index (κ2) is 8.39. The van der Waals surface area contributed by atoms with E-state index in [0.29, 0.717) is 23.0 Å². The number of amides is 1. The molecule has 1 amide bonds. The minimum atomic E-state index is -0.321. The van der Waals surface area contributed by atoms with E-state index in [0.717, 1.165) is 19.3 Å². The Morgan fingerprint density at radius 1 is 1.21 bits per heavy atom. The predicted molar refractivity (Wildman–Crippen MR) is 92.7 cm³/mol. The molecule has 2 rings (SSSR count). The van der Waals surface area contributed by atoms with E-state index in [1.807, 2.05) is 6.07 Å². The van der Waals surface area contributed by atoms with Crippen LogP contribution in [0.1, 0.15) is 38.2 Å². The molecular weight excluding hydrogens is 304 g/mol. The fraction of sp³-hybridized carbons (Fsp3) is 0.474. The molecule has 1 aromatic rings. The fourth-order valence-electron chi connectivity index (χ4n) is 3.00. The lowest BCUT2D eigenvalue weighted by Gasteiger charge is -2.29. The van der Waals surface area contributed by atoms with Gasteiger partial charge in [-0.2, -0.15) is 5.26 Å². The number of benzene rings is 1. The highest BCUT2D eigenvalue weighted by atomic mass is 16.5. The van der Waals surface area contributed by atoms with Gasteiger partial charge in [0, 0.05) is 12.1 Å². The normalized spacial score (nSPS) is 20.8. The monoisotopic (exact) mass is 328 g/mol. The van der Waals surface area contributed by atoms with Gasteiger partial charge in [-0.3, -0.25) is 4.79 Å². The summed E-state index contributed by atoms with van der Waals surface area (Å²) in [6.45, 7) is 2.15. The van der Waals surface area contributed by atoms with Crippen molar-refractivity contribution in [1.82, 2.24) is 5.32 Å². The molecule has 1 N–H and O–H groups in total. The van der Waals surface area contributed by atoms with E-state index in [-0.39, 0.29) is 17.5 Å². The SMILES string of the molecule is COc1cc(/C=C(\C#N)C(=O)NC2CCCCC2C)cc(OC)c1. The first-order valence-corrected chi connectivity index (χ1v) is 8.23. The zero-order valence-corrected chi connectivity index (χ0v) is 14.5. The first kappa shape index (κ1) is 17.9. The summed E-state index contributed by atoms with van der Waals surface area (Å²) in [5.41, 5.74) is 0.776. The molecule has 2 unspecified atom stereocenters. The average molecular weight is 328 g/mol. The van der Waals surface area contributed by atoms with Crippen LogP contribution in [-0.2, 0) is 4.79 Å². The highest BCUT2D eigenvalue weighted by Gasteiger charge is 2.24. The van der Waals surface area contributed by atoms with Gasteiger partial charge in [0.1, 0.15) is 23.1 Å². The lowest BCUT2D eigenvalue weighted by molar-refractivity contribution is -0.118. The number of ether oxygens (including phenoxy) is 2. The maximum Gasteiger partial charge on any atom is 0.262 e. The fourth-order valence-corrected chi connectivity index (χ4v) is 3.00. The zero-order chi connectivity index (χ0) is 17.5. The Morgan fingerprint density at radius 3 is 2.38 bits per heavy atom. The Morgan fingerprint density at radius 2 is 1.83 bits per heavy atom. The number of nitrogens with one attached hydrogen (secondary N) is 1. The lowest BCUT2D eigenvalue weighted by Crippen LogP contribution is -2.41. The van der Waals surface area contributed by atoms with Gasteiger partial charge in [0.2, 0.25) is 0 Å². The number of rotatable bonds is 5. The third kappa shape index (κ3) is 4.51. The molecule has 5 nitrogen and oxygen atoms in total. The quantitative estimate of drug-likeness (QED) is 0.665. The average Bonchev–Trinajstić information content (AvgIpc) is 2.61. The van der Waals surface area contributed by atoms with Crippen molar-refractivity contribution in [3.63, 3.8) is 0 Å². The number of nitriles is 1. The van der Waals surface area contributed by atoms with Crippen molar-refractivity contribution in [2.75, 3.05) is 14.2 Å². The van der Waals surface area contributed by atoms with Crippen LogP contribution >= 0.6 is 0 Å². The van der Waals surface area contributed by atoms with E-state index in [1.54, 1.807) is 38.5 Å². The summed E-state index contributed by atoms with van der Waals surface area (Å²) in [7, 11) is 3.12. The summed E-state index contributed by atoms with van der Waals surface area (Å²) in [4.78, 5) is 12.4. The first-order valence-electron chi connectivity index (χ1n) is 8.23. The van der Waals surface area contributed by atoms with E-state index in [4.69, 9.17) is 9.47 Å². The zero-order valence-electron chi connectivity index (χ0n) is 14.5. The van der Waals surface area contributed by atoms with Crippen LogP contribution in [0.25, 0.3) is 6.08 Å². The molecule has 0 heterocycles. The predicted octanol–water partition coefficient (Wildman–Crippen LogP) is 3.31. The highest BCUT2D eigenvalue weighted by Crippen LogP contribution is 2.25. The van der Waals surface area contributed by atoms with E-state index in [1.165, 1.54) is 6.42 Å². The van der Waals surface area contributed by atoms with Crippen LogP contribution in [0.3, 0.4) is 0 Å². The van der Waals surface area contributed by atoms with Crippen LogP contribution in [0, 0.1) is 17.2 Å². The highest BCUT2D eigenvalue weighted by molar-refractivity contribution is 6.01. The van der Waals surface area contributed by atoms with Gasteiger partial charge in [-0.15, -0.1) is 0 Å². The molecule has 0 saturated heterocycles. The lowest BCUT2D eigenvalue weighted by atomic mass is 9.86. The van der Waals surface area contributed by atoms with Gasteiger partial charge >= 0.3 is 0 Å². The standard InChI is InChI=1S/C19H24N2O3/c1-13-6-4-5-7-18(13)21-19(22)15(12-20)8-14-9-16(23-2)11-17(10-14)24-3/h8-11,13,18H,4-7H2,1-3H3,(H,21,22)/b15-8+. The molecule has 2 atom stereocenters. The van der Waals surface area contributed by atoms with Crippen molar-refractivity contribution in [2.45, 2.75) is 38.6 Å². The number of methoxy groups -OCH3 is 2. The second-order valence-electron chi connectivity index (χ2n) is 6.16. The number of carbonyl (C=O) groups is 1. The molecule has 0 radical (unpaired) electrons. The molecule has 5 heteroatoms. The number of nitrogens with zero attached hydrogens (tertiary/aromatic N) is 1. The number of hydrogen-bond acceptors (Lipinski definition) is 4. The molecule has 1 aliphatic rings. The van der Waals surface area contributed by atoms with Crippen molar-refractivity contribution in [2.24, 2.45) is 5.92 Å². The molecule has 1 saturated carbocycles. The van der Waals surface area contributed by atoms with Gasteiger partial charge in [0.05, 0.1) is 14.2 Å². The third-order valence-corrected chi connectivity index (χ3v) is 4.48. The molecule has 1 aliphatic carbocycles. The van der Waals surface area contributed by atoms with Crippen LogP contribution in [0.2, 0.25) is 0 Å². The smallest absolute Gasteiger partial charge is 0.262 e. The molecule has 1 fully saturated rings. The molecule has 0 aliphatic heterocycles. The summed E-state index contributed by atoms with van der Waals surface area (Å²) in [6, 6.07) is 7.40. The van der Waals surface area contributed by atoms with Crippen molar-refractivity contribution < 1.29 is 14.3 Å². The second-order valence-corrected chi connectivity index (χ2v) is 6.16. The van der Waals surface area contributed by atoms with Gasteiger partial charge in [-0.1, -0.05) is 19.8 Å². The van der Waals surface area contributed by atoms with Crippen LogP contribution in [-0.4, -0.2) is 26.2 Å². The van der Waals surface area contributed by atoms with E-state index >= 15 is 0 Å². The van der Waals surface area contributed by atoms with Gasteiger partial charge in [0.15, 0.2) is 0 Å². The van der Waals surface area contributed by atoms with Gasteiger partial charge in [0.25, 0.3) is 5.91 Å². The molecule has 0 bridgehead atoms. The summed E-state index contributed by atoms with van der Waals surface area (Å²) >= 11 is 0. The molecule has 0 spiro atoms. The maximum atomic E-state index is 12.4. The third-order valence-electron chi connectivity index (χ3n) is 4.48. The molecule has 128 valence electrons. The number of carbonyl (C=O) groups excluding carboxylic acids is 1. The van der Waals surface area contributed by atoms with E-state index in [2.05, 4.69) is 12.2 Å². The van der Waals surface area contributed by atoms with Crippen molar-refractivity contribution in [3.05, 3.63) is 29.3 Å². The summed E-state index contributed by atoms with van der Waals surface area (Å²) in [6.07, 6.45) is 5.97.